The van der Waals surface area contributed by atoms with Gasteiger partial charge in [-0.3, -0.25) is 0 Å². The van der Waals surface area contributed by atoms with Crippen LogP contribution in [-0.4, -0.2) is 4.98 Å². The maximum atomic E-state index is 4.71. The highest BCUT2D eigenvalue weighted by Crippen LogP contribution is 2.26. The standard InChI is InChI=1S/C22H24BrN3S/c1-2-3-4-5-6-9-19(26-25-18-14-12-17(23)13-15-18)16-22-24-20-10-7-8-11-21(20)27-22/h7-8,10-16H,2-6,9H2,1H3/b19-16-,26-25?. The van der Waals surface area contributed by atoms with E-state index in [1.807, 2.05) is 30.3 Å². The number of azo groups is 1. The molecule has 0 aliphatic rings. The summed E-state index contributed by atoms with van der Waals surface area (Å²) >= 11 is 5.15. The van der Waals surface area contributed by atoms with Gasteiger partial charge in [0.25, 0.3) is 0 Å². The zero-order valence-corrected chi connectivity index (χ0v) is 18.0. The smallest absolute Gasteiger partial charge is 0.119 e. The summed E-state index contributed by atoms with van der Waals surface area (Å²) in [5, 5.41) is 9.96. The van der Waals surface area contributed by atoms with Gasteiger partial charge in [0.05, 0.1) is 21.6 Å². The van der Waals surface area contributed by atoms with Crippen LogP contribution in [-0.2, 0) is 0 Å². The van der Waals surface area contributed by atoms with Crippen LogP contribution in [0.2, 0.25) is 0 Å². The molecule has 0 saturated carbocycles. The number of thiazole rings is 1. The first-order valence-electron chi connectivity index (χ1n) is 9.48. The van der Waals surface area contributed by atoms with E-state index in [1.165, 1.54) is 30.4 Å². The number of benzene rings is 2. The molecule has 0 atom stereocenters. The number of para-hydroxylation sites is 1. The summed E-state index contributed by atoms with van der Waals surface area (Å²) in [7, 11) is 0. The average molecular weight is 442 g/mol. The highest BCUT2D eigenvalue weighted by Gasteiger charge is 2.04. The molecule has 0 saturated heterocycles. The van der Waals surface area contributed by atoms with Crippen LogP contribution >= 0.6 is 27.3 Å². The van der Waals surface area contributed by atoms with E-state index in [4.69, 9.17) is 4.98 Å². The Morgan fingerprint density at radius 3 is 2.59 bits per heavy atom. The average Bonchev–Trinajstić information content (AvgIpc) is 3.09. The number of rotatable bonds is 9. The van der Waals surface area contributed by atoms with Gasteiger partial charge in [-0.2, -0.15) is 10.2 Å². The maximum absolute atomic E-state index is 4.71. The van der Waals surface area contributed by atoms with Crippen molar-refractivity contribution >= 4 is 49.2 Å². The number of nitrogens with zero attached hydrogens (tertiary/aromatic N) is 3. The summed E-state index contributed by atoms with van der Waals surface area (Å²) in [6.07, 6.45) is 9.24. The van der Waals surface area contributed by atoms with Crippen LogP contribution in [0.1, 0.15) is 50.5 Å². The SMILES string of the molecule is CCCCCCC/C(=C/c1nc2ccccc2s1)N=Nc1ccc(Br)cc1. The van der Waals surface area contributed by atoms with Gasteiger partial charge in [-0.15, -0.1) is 11.3 Å². The number of halogens is 1. The molecule has 3 rings (SSSR count). The van der Waals surface area contributed by atoms with Gasteiger partial charge in [-0.25, -0.2) is 4.98 Å². The van der Waals surface area contributed by atoms with Crippen LogP contribution < -0.4 is 0 Å². The quantitative estimate of drug-likeness (QED) is 0.242. The molecule has 0 aliphatic carbocycles. The third-order valence-electron chi connectivity index (χ3n) is 4.26. The highest BCUT2D eigenvalue weighted by molar-refractivity contribution is 9.10. The molecule has 5 heteroatoms. The van der Waals surface area contributed by atoms with Crippen molar-refractivity contribution in [3.8, 4) is 0 Å². The van der Waals surface area contributed by atoms with Crippen molar-refractivity contribution in [1.82, 2.24) is 4.98 Å². The van der Waals surface area contributed by atoms with Gasteiger partial charge in [0, 0.05) is 4.47 Å². The largest absolute Gasteiger partial charge is 0.237 e. The van der Waals surface area contributed by atoms with Crippen molar-refractivity contribution in [2.75, 3.05) is 0 Å². The molecular formula is C22H24BrN3S. The monoisotopic (exact) mass is 441 g/mol. The Hall–Kier alpha value is -1.85. The molecule has 2 aromatic carbocycles. The molecule has 140 valence electrons. The van der Waals surface area contributed by atoms with E-state index in [0.717, 1.165) is 39.2 Å². The van der Waals surface area contributed by atoms with Gasteiger partial charge in [-0.1, -0.05) is 60.7 Å². The number of allylic oxidation sites excluding steroid dienone is 1. The van der Waals surface area contributed by atoms with Crippen LogP contribution in [0, 0.1) is 0 Å². The van der Waals surface area contributed by atoms with E-state index >= 15 is 0 Å². The lowest BCUT2D eigenvalue weighted by Crippen LogP contribution is -1.83. The summed E-state index contributed by atoms with van der Waals surface area (Å²) < 4.78 is 2.25. The number of unbranched alkanes of at least 4 members (excludes halogenated alkanes) is 4. The molecule has 0 spiro atoms. The molecule has 0 bridgehead atoms. The van der Waals surface area contributed by atoms with Crippen molar-refractivity contribution < 1.29 is 0 Å². The van der Waals surface area contributed by atoms with E-state index in [2.05, 4.69) is 57.4 Å². The van der Waals surface area contributed by atoms with E-state index < -0.39 is 0 Å². The zero-order chi connectivity index (χ0) is 18.9. The Balaban J connectivity index is 1.76. The predicted molar refractivity (Wildman–Crippen MR) is 120 cm³/mol. The van der Waals surface area contributed by atoms with E-state index in [0.29, 0.717) is 0 Å². The fourth-order valence-electron chi connectivity index (χ4n) is 2.78. The Morgan fingerprint density at radius 1 is 1.04 bits per heavy atom. The molecular weight excluding hydrogens is 418 g/mol. The van der Waals surface area contributed by atoms with Crippen LogP contribution in [0.3, 0.4) is 0 Å². The number of hydrogen-bond donors (Lipinski definition) is 0. The van der Waals surface area contributed by atoms with Gasteiger partial charge < -0.3 is 0 Å². The van der Waals surface area contributed by atoms with Crippen LogP contribution in [0.25, 0.3) is 16.3 Å². The first-order valence-corrected chi connectivity index (χ1v) is 11.1. The third kappa shape index (κ3) is 6.36. The molecule has 0 unspecified atom stereocenters. The van der Waals surface area contributed by atoms with Crippen molar-refractivity contribution in [2.24, 2.45) is 10.2 Å². The molecule has 1 aromatic heterocycles. The molecule has 27 heavy (non-hydrogen) atoms. The lowest BCUT2D eigenvalue weighted by molar-refractivity contribution is 0.628. The summed E-state index contributed by atoms with van der Waals surface area (Å²) in [5.41, 5.74) is 2.90. The van der Waals surface area contributed by atoms with Crippen molar-refractivity contribution in [2.45, 2.75) is 45.4 Å². The lowest BCUT2D eigenvalue weighted by Gasteiger charge is -2.01. The number of fused-ring (bicyclic) bond motifs is 1. The molecule has 0 N–H and O–H groups in total. The summed E-state index contributed by atoms with van der Waals surface area (Å²) in [6.45, 7) is 2.24. The normalized spacial score (nSPS) is 12.3. The Labute approximate surface area is 173 Å². The topological polar surface area (TPSA) is 37.6 Å². The maximum Gasteiger partial charge on any atom is 0.119 e. The summed E-state index contributed by atoms with van der Waals surface area (Å²) in [5.74, 6) is 0. The molecule has 3 nitrogen and oxygen atoms in total. The predicted octanol–water partition coefficient (Wildman–Crippen LogP) is 8.54. The van der Waals surface area contributed by atoms with Crippen molar-refractivity contribution in [3.63, 3.8) is 0 Å². The second kappa shape index (κ2) is 10.5. The second-order valence-corrected chi connectivity index (χ2v) is 8.47. The van der Waals surface area contributed by atoms with Gasteiger partial charge in [0.1, 0.15) is 5.01 Å². The van der Waals surface area contributed by atoms with E-state index in [9.17, 15) is 0 Å². The van der Waals surface area contributed by atoms with Gasteiger partial charge >= 0.3 is 0 Å². The van der Waals surface area contributed by atoms with Crippen LogP contribution in [0.5, 0.6) is 0 Å². The fourth-order valence-corrected chi connectivity index (χ4v) is 3.98. The zero-order valence-electron chi connectivity index (χ0n) is 15.6. The molecule has 3 aromatic rings. The first kappa shape index (κ1) is 19.9. The Bertz CT molecular complexity index is 880. The molecule has 0 fully saturated rings. The van der Waals surface area contributed by atoms with Crippen LogP contribution in [0.4, 0.5) is 5.69 Å². The van der Waals surface area contributed by atoms with E-state index in [-0.39, 0.29) is 0 Å². The number of aromatic nitrogens is 1. The molecule has 0 aliphatic heterocycles. The van der Waals surface area contributed by atoms with E-state index in [1.54, 1.807) is 11.3 Å². The molecule has 0 amide bonds. The Kier molecular flexibility index (Phi) is 7.72. The minimum atomic E-state index is 0.861. The van der Waals surface area contributed by atoms with Crippen molar-refractivity contribution in [3.05, 3.63) is 63.7 Å². The first-order chi connectivity index (χ1) is 13.2. The summed E-state index contributed by atoms with van der Waals surface area (Å²) in [6, 6.07) is 16.1. The van der Waals surface area contributed by atoms with Crippen molar-refractivity contribution in [1.29, 1.82) is 0 Å². The van der Waals surface area contributed by atoms with Gasteiger partial charge in [0.15, 0.2) is 0 Å². The van der Waals surface area contributed by atoms with Crippen LogP contribution in [0.15, 0.2) is 68.9 Å². The lowest BCUT2D eigenvalue weighted by atomic mass is 10.1. The fraction of sp³-hybridized carbons (Fsp3) is 0.318. The minimum Gasteiger partial charge on any atom is -0.237 e. The van der Waals surface area contributed by atoms with Gasteiger partial charge in [0.2, 0.25) is 0 Å². The second-order valence-electron chi connectivity index (χ2n) is 6.50. The third-order valence-corrected chi connectivity index (χ3v) is 5.77. The molecule has 0 radical (unpaired) electrons. The Morgan fingerprint density at radius 2 is 1.81 bits per heavy atom. The molecule has 1 heterocycles. The van der Waals surface area contributed by atoms with Gasteiger partial charge in [-0.05, 0) is 55.3 Å². The highest BCUT2D eigenvalue weighted by atomic mass is 79.9. The number of hydrogen-bond acceptors (Lipinski definition) is 4. The minimum absolute atomic E-state index is 0.861. The summed E-state index contributed by atoms with van der Waals surface area (Å²) in [4.78, 5) is 4.71.